The molecule has 0 radical (unpaired) electrons. The van der Waals surface area contributed by atoms with Gasteiger partial charge >= 0.3 is 16.4 Å². The van der Waals surface area contributed by atoms with E-state index in [9.17, 15) is 48.4 Å². The number of esters is 1. The normalized spacial score (nSPS) is 54.1. The minimum Gasteiger partial charge on any atom is -0.453 e. The van der Waals surface area contributed by atoms with Crippen molar-refractivity contribution in [3.05, 3.63) is 11.6 Å². The van der Waals surface area contributed by atoms with Gasteiger partial charge in [-0.25, -0.2) is 4.18 Å². The van der Waals surface area contributed by atoms with Crippen LogP contribution in [0.2, 0.25) is 0 Å². The molecule has 4 aliphatic heterocycles. The van der Waals surface area contributed by atoms with E-state index in [4.69, 9.17) is 28.4 Å². The maximum atomic E-state index is 14.5. The summed E-state index contributed by atoms with van der Waals surface area (Å²) in [6.45, 7) is 15.1. The molecule has 0 bridgehead atoms. The number of hydrogen-bond donors (Lipinski definition) is 7. The summed E-state index contributed by atoms with van der Waals surface area (Å²) in [4.78, 5) is 14.5. The van der Waals surface area contributed by atoms with Crippen molar-refractivity contribution in [2.45, 2.75) is 197 Å². The molecule has 17 nitrogen and oxygen atoms in total. The summed E-state index contributed by atoms with van der Waals surface area (Å²) >= 11 is 0. The summed E-state index contributed by atoms with van der Waals surface area (Å²) in [7, 11) is -5.04. The maximum Gasteiger partial charge on any atom is 0.397 e. The van der Waals surface area contributed by atoms with Gasteiger partial charge in [0.2, 0.25) is 0 Å². The van der Waals surface area contributed by atoms with Crippen molar-refractivity contribution in [3.8, 4) is 0 Å². The number of carbonyl (C=O) groups is 1. The van der Waals surface area contributed by atoms with Crippen molar-refractivity contribution in [2.75, 3.05) is 6.61 Å². The van der Waals surface area contributed by atoms with Gasteiger partial charge in [0.05, 0.1) is 30.5 Å². The number of rotatable bonds is 7. The molecule has 4 aliphatic carbocycles. The highest BCUT2D eigenvalue weighted by Gasteiger charge is 2.87. The molecule has 0 aromatic rings. The van der Waals surface area contributed by atoms with Gasteiger partial charge in [0.1, 0.15) is 53.7 Å². The first-order chi connectivity index (χ1) is 27.2. The number of aliphatic hydroxyl groups excluding tert-OH is 5. The van der Waals surface area contributed by atoms with E-state index in [1.54, 1.807) is 6.92 Å². The van der Waals surface area contributed by atoms with Crippen LogP contribution in [0, 0.1) is 33.5 Å². The van der Waals surface area contributed by atoms with Gasteiger partial charge in [-0.15, -0.1) is 0 Å². The van der Waals surface area contributed by atoms with Crippen LogP contribution in [0.3, 0.4) is 0 Å². The number of aliphatic hydroxyl groups is 6. The van der Waals surface area contributed by atoms with Crippen LogP contribution < -0.4 is 0 Å². The Balaban J connectivity index is 1.07. The van der Waals surface area contributed by atoms with E-state index in [1.165, 1.54) is 6.92 Å². The van der Waals surface area contributed by atoms with Gasteiger partial charge in [0.25, 0.3) is 0 Å². The Kier molecular flexibility index (Phi) is 10.6. The van der Waals surface area contributed by atoms with Crippen LogP contribution in [0.4, 0.5) is 0 Å². The van der Waals surface area contributed by atoms with E-state index >= 15 is 0 Å². The van der Waals surface area contributed by atoms with Crippen LogP contribution in [0.25, 0.3) is 0 Å². The lowest BCUT2D eigenvalue weighted by Crippen LogP contribution is -2.69. The van der Waals surface area contributed by atoms with Gasteiger partial charge in [-0.3, -0.25) is 9.35 Å². The molecule has 1 spiro atoms. The smallest absolute Gasteiger partial charge is 0.397 e. The second-order valence-corrected chi connectivity index (χ2v) is 21.7. The summed E-state index contributed by atoms with van der Waals surface area (Å²) in [5.74, 6) is -0.746. The third-order valence-corrected chi connectivity index (χ3v) is 17.4. The van der Waals surface area contributed by atoms with Crippen LogP contribution in [-0.4, -0.2) is 147 Å². The van der Waals surface area contributed by atoms with Crippen LogP contribution in [0.1, 0.15) is 107 Å². The molecule has 336 valence electrons. The molecule has 59 heavy (non-hydrogen) atoms. The second kappa shape index (κ2) is 14.1. The predicted octanol–water partition coefficient (Wildman–Crippen LogP) is 1.43. The maximum absolute atomic E-state index is 14.5. The number of cyclic esters (lactones) is 1. The van der Waals surface area contributed by atoms with Crippen LogP contribution >= 0.6 is 0 Å². The molecule has 3 unspecified atom stereocenters. The molecule has 7 N–H and O–H groups in total. The number of carbonyl (C=O) groups excluding carboxylic acids is 1. The third kappa shape index (κ3) is 6.16. The Hall–Kier alpha value is -1.36. The van der Waals surface area contributed by atoms with Crippen molar-refractivity contribution >= 4 is 16.4 Å². The molecule has 8 aliphatic rings. The molecule has 19 atom stereocenters. The second-order valence-electron chi connectivity index (χ2n) is 20.7. The molecule has 4 saturated heterocycles. The highest BCUT2D eigenvalue weighted by Crippen LogP contribution is 2.77. The minimum absolute atomic E-state index is 0.0271. The first-order valence-corrected chi connectivity index (χ1v) is 22.5. The van der Waals surface area contributed by atoms with Crippen molar-refractivity contribution < 1.29 is 81.0 Å². The van der Waals surface area contributed by atoms with Crippen LogP contribution in [0.15, 0.2) is 11.6 Å². The quantitative estimate of drug-likeness (QED) is 0.0827. The Morgan fingerprint density at radius 1 is 0.814 bits per heavy atom. The van der Waals surface area contributed by atoms with E-state index < -0.39 is 135 Å². The Morgan fingerprint density at radius 3 is 2.15 bits per heavy atom. The first-order valence-electron chi connectivity index (χ1n) is 21.2. The largest absolute Gasteiger partial charge is 0.453 e. The van der Waals surface area contributed by atoms with Crippen molar-refractivity contribution in [3.63, 3.8) is 0 Å². The van der Waals surface area contributed by atoms with Crippen molar-refractivity contribution in [1.29, 1.82) is 0 Å². The summed E-state index contributed by atoms with van der Waals surface area (Å²) in [5.41, 5.74) is -5.89. The first kappa shape index (κ1) is 44.3. The average Bonchev–Trinajstić information content (AvgIpc) is 3.70. The van der Waals surface area contributed by atoms with E-state index in [2.05, 4.69) is 25.0 Å². The summed E-state index contributed by atoms with van der Waals surface area (Å²) in [6.07, 6.45) is -9.75. The zero-order valence-electron chi connectivity index (χ0n) is 35.1. The molecular weight excluding hydrogens is 797 g/mol. The minimum atomic E-state index is -5.04. The number of allylic oxidation sites excluding steroid dienone is 1. The topological polar surface area (TPSA) is 257 Å². The fourth-order valence-corrected chi connectivity index (χ4v) is 14.2. The summed E-state index contributed by atoms with van der Waals surface area (Å²) in [5, 5.41) is 68.2. The fourth-order valence-electron chi connectivity index (χ4n) is 13.7. The highest BCUT2D eigenvalue weighted by atomic mass is 32.3. The van der Waals surface area contributed by atoms with E-state index in [0.29, 0.717) is 32.1 Å². The van der Waals surface area contributed by atoms with Gasteiger partial charge in [-0.05, 0) is 107 Å². The van der Waals surface area contributed by atoms with Gasteiger partial charge in [0.15, 0.2) is 18.2 Å². The monoisotopic (exact) mass is 860 g/mol. The summed E-state index contributed by atoms with van der Waals surface area (Å²) < 4.78 is 74.3. The molecule has 0 aromatic carbocycles. The Bertz CT molecular complexity index is 1820. The van der Waals surface area contributed by atoms with Gasteiger partial charge in [-0.1, -0.05) is 39.3 Å². The molecule has 18 heteroatoms. The fraction of sp³-hybridized carbons (Fsp3) is 0.927. The van der Waals surface area contributed by atoms with Crippen LogP contribution in [-0.2, 0) is 47.8 Å². The van der Waals surface area contributed by atoms with Crippen molar-refractivity contribution in [2.24, 2.45) is 33.5 Å². The standard InChI is InChI=1S/C41H64O17S/c1-19-27(43)29(45)30(46)32(53-19)55-31-28(44)22(58-59(49,50)51)18-52-33(31)54-25-12-14-37(6)21-17-24(42)41-34(47)57-39(8,26-11-13-35(2,3)56-26)40(41,48)16-15-38(41,7)20(21)9-10-23(37)36(25,4)5/h17,19-20,22-33,42-46,48H,9-16,18H2,1-8H3,(H,49,50,51)/t19-,20-,22-,23+,24+,25+,26?,27-,28+,29+,30-,31-,32+,33+,37-,38+,39?,40+,41?/m1/s1. The summed E-state index contributed by atoms with van der Waals surface area (Å²) in [6, 6.07) is 0. The van der Waals surface area contributed by atoms with Crippen LogP contribution in [0.5, 0.6) is 0 Å². The SMILES string of the molecule is C[C@H]1O[C@@H](O[C@H]2[C@H](O[C@H]3CC[C@]4(C)C5=C[C@H](O)C67C(=O)OC(C)(C8CCC(C)(C)O8)[C@@]6(O)CC[C@@]7(C)[C@@H]5CC[C@H]4C3(C)C)OC[C@@H](OS(=O)(=O)O)[C@@H]2O)[C@H](O)[C@@H](O)[C@@H]1O. The predicted molar refractivity (Wildman–Crippen MR) is 203 cm³/mol. The van der Waals surface area contributed by atoms with E-state index in [-0.39, 0.29) is 18.3 Å². The number of fused-ring (bicyclic) bond motifs is 4. The molecule has 7 fully saturated rings. The molecule has 0 aromatic heterocycles. The molecule has 3 saturated carbocycles. The zero-order valence-corrected chi connectivity index (χ0v) is 36.0. The lowest BCUT2D eigenvalue weighted by Gasteiger charge is -2.64. The molecule has 4 heterocycles. The molecule has 8 rings (SSSR count). The lowest BCUT2D eigenvalue weighted by atomic mass is 9.40. The average molecular weight is 861 g/mol. The third-order valence-electron chi connectivity index (χ3n) is 16.9. The van der Waals surface area contributed by atoms with E-state index in [1.807, 2.05) is 26.8 Å². The molecule has 0 amide bonds. The number of hydrogen-bond acceptors (Lipinski definition) is 16. The molecular formula is C41H64O17S. The highest BCUT2D eigenvalue weighted by molar-refractivity contribution is 7.80. The van der Waals surface area contributed by atoms with E-state index in [0.717, 1.165) is 18.4 Å². The van der Waals surface area contributed by atoms with Crippen molar-refractivity contribution in [1.82, 2.24) is 0 Å². The van der Waals surface area contributed by atoms with Gasteiger partial charge in [0, 0.05) is 0 Å². The number of ether oxygens (including phenoxy) is 6. The van der Waals surface area contributed by atoms with Gasteiger partial charge in [-0.2, -0.15) is 8.42 Å². The zero-order chi connectivity index (χ0) is 43.3. The Morgan fingerprint density at radius 2 is 1.51 bits per heavy atom. The Labute approximate surface area is 345 Å². The van der Waals surface area contributed by atoms with Gasteiger partial charge < -0.3 is 59.1 Å². The lowest BCUT2D eigenvalue weighted by molar-refractivity contribution is -0.362.